The molecule has 4 aromatic rings. The van der Waals surface area contributed by atoms with E-state index in [4.69, 9.17) is 14.5 Å². The number of rotatable bonds is 3. The highest BCUT2D eigenvalue weighted by atomic mass is 79.9. The highest BCUT2D eigenvalue weighted by molar-refractivity contribution is 9.10. The number of hydrogen-bond acceptors (Lipinski definition) is 9. The van der Waals surface area contributed by atoms with Crippen LogP contribution in [0.3, 0.4) is 0 Å². The number of carbonyl (C=O) groups excluding carboxylic acids is 2. The number of carbonyl (C=O) groups is 2. The lowest BCUT2D eigenvalue weighted by Crippen LogP contribution is -2.46. The lowest BCUT2D eigenvalue weighted by Gasteiger charge is -2.38. The maximum Gasteiger partial charge on any atom is 0.338 e. The van der Waals surface area contributed by atoms with E-state index in [1.165, 1.54) is 19.8 Å². The highest BCUT2D eigenvalue weighted by Crippen LogP contribution is 2.41. The molecular weight excluding hydrogens is 740 g/mol. The van der Waals surface area contributed by atoms with Crippen molar-refractivity contribution in [1.29, 1.82) is 0 Å². The molecule has 2 atom stereocenters. The first-order valence-corrected chi connectivity index (χ1v) is 17.0. The molecule has 1 fully saturated rings. The van der Waals surface area contributed by atoms with E-state index in [0.717, 1.165) is 57.5 Å². The zero-order chi connectivity index (χ0) is 33.9. The molecule has 246 valence electrons. The summed E-state index contributed by atoms with van der Waals surface area (Å²) in [5, 5.41) is 10.6. The number of aromatic nitrogens is 2. The van der Waals surface area contributed by atoms with E-state index in [1.54, 1.807) is 18.3 Å². The first kappa shape index (κ1) is 33.9. The van der Waals surface area contributed by atoms with Crippen molar-refractivity contribution in [2.24, 2.45) is 0 Å². The van der Waals surface area contributed by atoms with Crippen LogP contribution in [0.25, 0.3) is 23.3 Å². The number of ether oxygens (including phenoxy) is 2. The van der Waals surface area contributed by atoms with Crippen LogP contribution in [0, 0.1) is 0 Å². The van der Waals surface area contributed by atoms with Crippen molar-refractivity contribution in [3.63, 3.8) is 0 Å². The number of piperazine rings is 1. The van der Waals surface area contributed by atoms with Crippen molar-refractivity contribution in [3.05, 3.63) is 127 Å². The Morgan fingerprint density at radius 1 is 0.750 bits per heavy atom. The molecule has 11 heteroatoms. The first-order valence-electron chi connectivity index (χ1n) is 15.4. The fourth-order valence-electron chi connectivity index (χ4n) is 6.32. The molecule has 1 N–H and O–H groups in total. The van der Waals surface area contributed by atoms with Crippen LogP contribution in [0.15, 0.2) is 82.0 Å². The molecule has 0 saturated carbocycles. The molecule has 7 rings (SSSR count). The van der Waals surface area contributed by atoms with Crippen molar-refractivity contribution in [1.82, 2.24) is 19.8 Å². The van der Waals surface area contributed by atoms with Crippen LogP contribution >= 0.6 is 31.9 Å². The van der Waals surface area contributed by atoms with Crippen LogP contribution in [0.4, 0.5) is 0 Å². The zero-order valence-electron chi connectivity index (χ0n) is 26.7. The van der Waals surface area contributed by atoms with Gasteiger partial charge in [-0.2, -0.15) is 0 Å². The summed E-state index contributed by atoms with van der Waals surface area (Å²) in [5.41, 5.74) is 7.39. The van der Waals surface area contributed by atoms with Gasteiger partial charge in [0.2, 0.25) is 0 Å². The summed E-state index contributed by atoms with van der Waals surface area (Å²) in [7, 11) is 4.91. The lowest BCUT2D eigenvalue weighted by molar-refractivity contribution is -0.134. The monoisotopic (exact) mass is 772 g/mol. The van der Waals surface area contributed by atoms with Gasteiger partial charge in [0.1, 0.15) is 6.10 Å². The average molecular weight is 775 g/mol. The third-order valence-electron chi connectivity index (χ3n) is 8.76. The van der Waals surface area contributed by atoms with Gasteiger partial charge in [-0.25, -0.2) is 9.59 Å². The lowest BCUT2D eigenvalue weighted by atomic mass is 9.95. The van der Waals surface area contributed by atoms with Gasteiger partial charge in [0.25, 0.3) is 0 Å². The predicted octanol–water partition coefficient (Wildman–Crippen LogP) is 6.16. The van der Waals surface area contributed by atoms with Crippen molar-refractivity contribution >= 4 is 67.1 Å². The van der Waals surface area contributed by atoms with Gasteiger partial charge in [0.15, 0.2) is 0 Å². The SMILES string of the molecule is COC(=O)C1=Cc2ccccc2C(N2CCN(C)CC2)c2ncc(Br)cc21.COC(=O)C1=Cc2ccccc2C(O)c2ncc(Br)cc21. The van der Waals surface area contributed by atoms with Gasteiger partial charge < -0.3 is 19.5 Å². The zero-order valence-corrected chi connectivity index (χ0v) is 29.9. The Kier molecular flexibility index (Phi) is 10.3. The maximum absolute atomic E-state index is 12.6. The summed E-state index contributed by atoms with van der Waals surface area (Å²) in [6.45, 7) is 3.95. The number of esters is 2. The van der Waals surface area contributed by atoms with Gasteiger partial charge >= 0.3 is 11.9 Å². The minimum atomic E-state index is -0.886. The number of pyridine rings is 2. The number of methoxy groups -OCH3 is 2. The van der Waals surface area contributed by atoms with Crippen LogP contribution in [-0.4, -0.2) is 84.3 Å². The van der Waals surface area contributed by atoms with E-state index in [-0.39, 0.29) is 12.0 Å². The molecule has 0 bridgehead atoms. The Hall–Kier alpha value is -4.00. The molecule has 1 aliphatic heterocycles. The second-order valence-corrected chi connectivity index (χ2v) is 13.5. The minimum Gasteiger partial charge on any atom is -0.465 e. The van der Waals surface area contributed by atoms with E-state index in [2.05, 4.69) is 71.9 Å². The summed E-state index contributed by atoms with van der Waals surface area (Å²) in [4.78, 5) is 38.5. The molecule has 2 aromatic carbocycles. The number of halogens is 2. The predicted molar refractivity (Wildman–Crippen MR) is 192 cm³/mol. The summed E-state index contributed by atoms with van der Waals surface area (Å²) in [6, 6.07) is 19.4. The molecule has 9 nitrogen and oxygen atoms in total. The van der Waals surface area contributed by atoms with Gasteiger partial charge in [-0.05, 0) is 85.4 Å². The molecule has 3 aliphatic rings. The van der Waals surface area contributed by atoms with Crippen LogP contribution in [-0.2, 0) is 19.1 Å². The molecule has 1 saturated heterocycles. The molecule has 48 heavy (non-hydrogen) atoms. The molecule has 0 radical (unpaired) electrons. The third kappa shape index (κ3) is 6.79. The van der Waals surface area contributed by atoms with Crippen LogP contribution in [0.2, 0.25) is 0 Å². The van der Waals surface area contributed by atoms with E-state index in [1.807, 2.05) is 48.7 Å². The van der Waals surface area contributed by atoms with E-state index >= 15 is 0 Å². The Balaban J connectivity index is 0.000000173. The largest absolute Gasteiger partial charge is 0.465 e. The first-order chi connectivity index (χ1) is 23.2. The second-order valence-electron chi connectivity index (χ2n) is 11.7. The van der Waals surface area contributed by atoms with Gasteiger partial charge in [0, 0.05) is 58.6 Å². The Morgan fingerprint density at radius 2 is 1.23 bits per heavy atom. The summed E-state index contributed by atoms with van der Waals surface area (Å²) in [5.74, 6) is -0.801. The Bertz CT molecular complexity index is 1940. The smallest absolute Gasteiger partial charge is 0.338 e. The fraction of sp³-hybridized carbons (Fsp3) is 0.243. The molecule has 2 aliphatic carbocycles. The van der Waals surface area contributed by atoms with Gasteiger partial charge in [0.05, 0.1) is 42.8 Å². The van der Waals surface area contributed by atoms with Crippen LogP contribution < -0.4 is 0 Å². The number of aliphatic hydroxyl groups excluding tert-OH is 1. The maximum atomic E-state index is 12.6. The number of likely N-dealkylation sites (N-methyl/N-ethyl adjacent to an activating group) is 1. The Labute approximate surface area is 296 Å². The number of benzene rings is 2. The molecule has 0 amide bonds. The van der Waals surface area contributed by atoms with Crippen molar-refractivity contribution in [2.75, 3.05) is 47.4 Å². The third-order valence-corrected chi connectivity index (χ3v) is 9.63. The highest BCUT2D eigenvalue weighted by Gasteiger charge is 2.34. The van der Waals surface area contributed by atoms with E-state index < -0.39 is 12.1 Å². The number of fused-ring (bicyclic) bond motifs is 4. The molecular formula is C37H34Br2N4O5. The van der Waals surface area contributed by atoms with Crippen LogP contribution in [0.1, 0.15) is 56.9 Å². The van der Waals surface area contributed by atoms with Crippen molar-refractivity contribution in [3.8, 4) is 0 Å². The summed E-state index contributed by atoms with van der Waals surface area (Å²) >= 11 is 6.86. The van der Waals surface area contributed by atoms with E-state index in [0.29, 0.717) is 28.0 Å². The number of nitrogens with zero attached hydrogens (tertiary/aromatic N) is 4. The number of hydrogen-bond donors (Lipinski definition) is 1. The second kappa shape index (κ2) is 14.6. The fourth-order valence-corrected chi connectivity index (χ4v) is 6.98. The quantitative estimate of drug-likeness (QED) is 0.245. The molecule has 2 aromatic heterocycles. The van der Waals surface area contributed by atoms with Gasteiger partial charge in [-0.15, -0.1) is 0 Å². The summed E-state index contributed by atoms with van der Waals surface area (Å²) in [6.07, 6.45) is 6.19. The van der Waals surface area contributed by atoms with Crippen molar-refractivity contribution in [2.45, 2.75) is 12.1 Å². The number of aliphatic hydroxyl groups is 1. The topological polar surface area (TPSA) is 105 Å². The van der Waals surface area contributed by atoms with E-state index in [9.17, 15) is 14.7 Å². The average Bonchev–Trinajstić information content (AvgIpc) is 3.32. The van der Waals surface area contributed by atoms with Crippen molar-refractivity contribution < 1.29 is 24.2 Å². The molecule has 2 unspecified atom stereocenters. The van der Waals surface area contributed by atoms with Crippen LogP contribution in [0.5, 0.6) is 0 Å². The van der Waals surface area contributed by atoms with Gasteiger partial charge in [-0.1, -0.05) is 48.5 Å². The molecule has 3 heterocycles. The van der Waals surface area contributed by atoms with Gasteiger partial charge in [-0.3, -0.25) is 14.9 Å². The normalized spacial score (nSPS) is 18.5. The minimum absolute atomic E-state index is 0.0106. The summed E-state index contributed by atoms with van der Waals surface area (Å²) < 4.78 is 11.5. The standard InChI is InChI=1S/C21H22BrN3O2.C16H12BrNO3/c1-24-7-9-25(10-8-24)20-16-6-4-3-5-14(16)11-18(21(26)27-2)17-12-15(22)13-23-19(17)20;1-21-16(20)13-6-9-4-2-3-5-11(9)15(19)14-12(13)7-10(17)8-18-14/h3-6,11-13,20H,7-10H2,1-2H3;2-8,15,19H,1H3. The Morgan fingerprint density at radius 3 is 1.79 bits per heavy atom. The molecule has 0 spiro atoms.